The number of amides is 1. The van der Waals surface area contributed by atoms with E-state index in [9.17, 15) is 14.4 Å². The molecule has 0 aliphatic carbocycles. The molecule has 0 aliphatic heterocycles. The number of aliphatic carboxylic acids is 1. The number of carbonyl (C=O) groups is 3. The van der Waals surface area contributed by atoms with Gasteiger partial charge in [-0.15, -0.1) is 11.6 Å². The molecule has 15 heavy (non-hydrogen) atoms. The lowest BCUT2D eigenvalue weighted by atomic mass is 10.2. The predicted octanol–water partition coefficient (Wildman–Crippen LogP) is 0.554. The third kappa shape index (κ3) is 7.93. The van der Waals surface area contributed by atoms with Crippen LogP contribution in [0.2, 0.25) is 0 Å². The van der Waals surface area contributed by atoms with Gasteiger partial charge in [0, 0.05) is 12.8 Å². The second-order valence-corrected chi connectivity index (χ2v) is 3.77. The van der Waals surface area contributed by atoms with Crippen LogP contribution in [0.4, 0.5) is 0 Å². The Morgan fingerprint density at radius 3 is 2.40 bits per heavy atom. The zero-order chi connectivity index (χ0) is 11.8. The summed E-state index contributed by atoms with van der Waals surface area (Å²) in [6, 6.07) is 0. The first-order valence-corrected chi connectivity index (χ1v) is 5.02. The van der Waals surface area contributed by atoms with Gasteiger partial charge >= 0.3 is 5.97 Å². The van der Waals surface area contributed by atoms with Crippen LogP contribution in [0.1, 0.15) is 26.2 Å². The number of halogens is 1. The van der Waals surface area contributed by atoms with Crippen molar-refractivity contribution >= 4 is 29.3 Å². The summed E-state index contributed by atoms with van der Waals surface area (Å²) in [5.41, 5.74) is 0. The van der Waals surface area contributed by atoms with Gasteiger partial charge in [-0.3, -0.25) is 14.4 Å². The normalized spacial score (nSPS) is 11.9. The fraction of sp³-hybridized carbons (Fsp3) is 0.667. The molecule has 5 nitrogen and oxygen atoms in total. The number of alkyl halides is 1. The third-order valence-electron chi connectivity index (χ3n) is 1.67. The highest BCUT2D eigenvalue weighted by molar-refractivity contribution is 6.30. The van der Waals surface area contributed by atoms with Gasteiger partial charge in [0.2, 0.25) is 5.91 Å². The average molecular weight is 236 g/mol. The van der Waals surface area contributed by atoms with Crippen LogP contribution >= 0.6 is 11.6 Å². The Labute approximate surface area is 92.8 Å². The minimum Gasteiger partial charge on any atom is -0.481 e. The second-order valence-electron chi connectivity index (χ2n) is 3.12. The fourth-order valence-electron chi connectivity index (χ4n) is 0.852. The van der Waals surface area contributed by atoms with E-state index in [1.54, 1.807) is 0 Å². The van der Waals surface area contributed by atoms with Crippen molar-refractivity contribution < 1.29 is 19.5 Å². The van der Waals surface area contributed by atoms with Gasteiger partial charge < -0.3 is 10.4 Å². The van der Waals surface area contributed by atoms with Gasteiger partial charge in [0.15, 0.2) is 5.78 Å². The van der Waals surface area contributed by atoms with E-state index in [0.29, 0.717) is 6.42 Å². The Hall–Kier alpha value is -1.10. The van der Waals surface area contributed by atoms with Crippen molar-refractivity contribution in [3.8, 4) is 0 Å². The summed E-state index contributed by atoms with van der Waals surface area (Å²) in [5.74, 6) is -1.52. The molecule has 0 radical (unpaired) electrons. The zero-order valence-corrected chi connectivity index (χ0v) is 9.21. The number of ketones is 1. The van der Waals surface area contributed by atoms with Gasteiger partial charge in [0.1, 0.15) is 5.38 Å². The molecule has 0 saturated heterocycles. The van der Waals surface area contributed by atoms with E-state index in [1.807, 2.05) is 0 Å². The highest BCUT2D eigenvalue weighted by atomic mass is 35.5. The molecule has 1 amide bonds. The molecule has 6 heteroatoms. The topological polar surface area (TPSA) is 83.5 Å². The van der Waals surface area contributed by atoms with Gasteiger partial charge in [0.05, 0.1) is 6.54 Å². The van der Waals surface area contributed by atoms with Gasteiger partial charge in [-0.25, -0.2) is 0 Å². The number of Topliss-reactive ketones (excluding diaryl/α,β-unsaturated/α-hetero) is 1. The Morgan fingerprint density at radius 1 is 1.33 bits per heavy atom. The molecule has 0 aromatic carbocycles. The van der Waals surface area contributed by atoms with Crippen molar-refractivity contribution in [1.29, 1.82) is 0 Å². The molecule has 0 fully saturated rings. The zero-order valence-electron chi connectivity index (χ0n) is 8.46. The number of hydrogen-bond acceptors (Lipinski definition) is 3. The molecular weight excluding hydrogens is 222 g/mol. The van der Waals surface area contributed by atoms with E-state index >= 15 is 0 Å². The van der Waals surface area contributed by atoms with Crippen LogP contribution < -0.4 is 5.32 Å². The standard InChI is InChI=1S/C9H14ClNO4/c1-6(10)9(15)11-5-7(12)3-2-4-8(13)14/h6H,2-5H2,1H3,(H,11,15)(H,13,14). The first kappa shape index (κ1) is 13.9. The minimum atomic E-state index is -0.929. The summed E-state index contributed by atoms with van der Waals surface area (Å²) >= 11 is 5.46. The van der Waals surface area contributed by atoms with Crippen molar-refractivity contribution in [2.45, 2.75) is 31.6 Å². The van der Waals surface area contributed by atoms with Crippen molar-refractivity contribution in [2.24, 2.45) is 0 Å². The van der Waals surface area contributed by atoms with Crippen LogP contribution in [0.3, 0.4) is 0 Å². The highest BCUT2D eigenvalue weighted by Crippen LogP contribution is 1.97. The van der Waals surface area contributed by atoms with E-state index < -0.39 is 17.3 Å². The van der Waals surface area contributed by atoms with E-state index in [4.69, 9.17) is 16.7 Å². The molecule has 0 aromatic heterocycles. The third-order valence-corrected chi connectivity index (χ3v) is 1.87. The Bertz CT molecular complexity index is 252. The van der Waals surface area contributed by atoms with E-state index in [1.165, 1.54) is 6.92 Å². The molecule has 0 heterocycles. The molecule has 86 valence electrons. The molecule has 0 saturated carbocycles. The number of carbonyl (C=O) groups excluding carboxylic acids is 2. The maximum Gasteiger partial charge on any atom is 0.303 e. The lowest BCUT2D eigenvalue weighted by Gasteiger charge is -2.04. The largest absolute Gasteiger partial charge is 0.481 e. The smallest absolute Gasteiger partial charge is 0.303 e. The lowest BCUT2D eigenvalue weighted by molar-refractivity contribution is -0.137. The molecule has 0 aliphatic rings. The second kappa shape index (κ2) is 7.23. The number of carboxylic acid groups (broad SMARTS) is 1. The molecular formula is C9H14ClNO4. The Balaban J connectivity index is 3.58. The molecule has 0 aromatic rings. The first-order valence-electron chi connectivity index (χ1n) is 4.58. The molecule has 1 unspecified atom stereocenters. The van der Waals surface area contributed by atoms with Crippen molar-refractivity contribution in [3.63, 3.8) is 0 Å². The van der Waals surface area contributed by atoms with Gasteiger partial charge in [-0.05, 0) is 13.3 Å². The maximum atomic E-state index is 11.1. The fourth-order valence-corrected chi connectivity index (χ4v) is 0.929. The molecule has 0 rings (SSSR count). The minimum absolute atomic E-state index is 0.0361. The van der Waals surface area contributed by atoms with Gasteiger partial charge in [0.25, 0.3) is 0 Å². The highest BCUT2D eigenvalue weighted by Gasteiger charge is 2.10. The number of carboxylic acids is 1. The van der Waals surface area contributed by atoms with E-state index in [2.05, 4.69) is 5.32 Å². The average Bonchev–Trinajstić information content (AvgIpc) is 2.13. The summed E-state index contributed by atoms with van der Waals surface area (Å²) in [4.78, 5) is 32.2. The van der Waals surface area contributed by atoms with Crippen molar-refractivity contribution in [1.82, 2.24) is 5.32 Å². The van der Waals surface area contributed by atoms with Crippen molar-refractivity contribution in [3.05, 3.63) is 0 Å². The SMILES string of the molecule is CC(Cl)C(=O)NCC(=O)CCCC(=O)O. The van der Waals surface area contributed by atoms with Crippen LogP contribution in [0, 0.1) is 0 Å². The number of hydrogen-bond donors (Lipinski definition) is 2. The predicted molar refractivity (Wildman–Crippen MR) is 54.8 cm³/mol. The summed E-state index contributed by atoms with van der Waals surface area (Å²) in [6.45, 7) is 1.42. The molecule has 1 atom stereocenters. The van der Waals surface area contributed by atoms with E-state index in [-0.39, 0.29) is 25.2 Å². The summed E-state index contributed by atoms with van der Waals surface area (Å²) in [7, 11) is 0. The van der Waals surface area contributed by atoms with Crippen LogP contribution in [0.25, 0.3) is 0 Å². The van der Waals surface area contributed by atoms with Gasteiger partial charge in [-0.2, -0.15) is 0 Å². The van der Waals surface area contributed by atoms with Crippen LogP contribution in [0.15, 0.2) is 0 Å². The summed E-state index contributed by atoms with van der Waals surface area (Å²) in [5, 5.41) is 10.0. The lowest BCUT2D eigenvalue weighted by Crippen LogP contribution is -2.34. The monoisotopic (exact) mass is 235 g/mol. The quantitative estimate of drug-likeness (QED) is 0.632. The number of nitrogens with one attached hydrogen (secondary N) is 1. The van der Waals surface area contributed by atoms with E-state index in [0.717, 1.165) is 0 Å². The molecule has 0 bridgehead atoms. The Kier molecular flexibility index (Phi) is 6.70. The first-order chi connectivity index (χ1) is 6.93. The summed E-state index contributed by atoms with van der Waals surface area (Å²) < 4.78 is 0. The summed E-state index contributed by atoms with van der Waals surface area (Å²) in [6.07, 6.45) is 0.412. The van der Waals surface area contributed by atoms with Crippen LogP contribution in [-0.4, -0.2) is 34.7 Å². The Morgan fingerprint density at radius 2 is 1.93 bits per heavy atom. The molecule has 2 N–H and O–H groups in total. The van der Waals surface area contributed by atoms with Crippen LogP contribution in [-0.2, 0) is 14.4 Å². The number of rotatable bonds is 7. The van der Waals surface area contributed by atoms with Crippen molar-refractivity contribution in [2.75, 3.05) is 6.54 Å². The molecule has 0 spiro atoms. The van der Waals surface area contributed by atoms with Gasteiger partial charge in [-0.1, -0.05) is 0 Å². The maximum absolute atomic E-state index is 11.1. The van der Waals surface area contributed by atoms with Crippen LogP contribution in [0.5, 0.6) is 0 Å².